The Labute approximate surface area is 158 Å². The lowest BCUT2D eigenvalue weighted by Crippen LogP contribution is -2.39. The van der Waals surface area contributed by atoms with Gasteiger partial charge in [-0.2, -0.15) is 5.10 Å². The number of rotatable bonds is 4. The molecule has 1 amide bonds. The Morgan fingerprint density at radius 2 is 1.89 bits per heavy atom. The maximum atomic E-state index is 13.0. The molecule has 0 radical (unpaired) electrons. The van der Waals surface area contributed by atoms with Crippen molar-refractivity contribution < 1.29 is 4.79 Å². The van der Waals surface area contributed by atoms with Gasteiger partial charge in [0.2, 0.25) is 0 Å². The number of aromatic nitrogens is 4. The molecule has 0 N–H and O–H groups in total. The second-order valence-electron chi connectivity index (χ2n) is 7.07. The highest BCUT2D eigenvalue weighted by Gasteiger charge is 2.27. The monoisotopic (exact) mass is 361 g/mol. The minimum Gasteiger partial charge on any atom is -0.339 e. The molecule has 1 saturated carbocycles. The van der Waals surface area contributed by atoms with Gasteiger partial charge in [-0.05, 0) is 49.3 Å². The highest BCUT2D eigenvalue weighted by molar-refractivity contribution is 5.94. The lowest BCUT2D eigenvalue weighted by atomic mass is 9.81. The summed E-state index contributed by atoms with van der Waals surface area (Å²) in [6, 6.07) is 14.5. The molecule has 3 aromatic rings. The Bertz CT molecular complexity index is 886. The second kappa shape index (κ2) is 7.70. The van der Waals surface area contributed by atoms with E-state index in [1.165, 1.54) is 11.9 Å². The van der Waals surface area contributed by atoms with E-state index in [9.17, 15) is 4.79 Å². The van der Waals surface area contributed by atoms with Gasteiger partial charge in [0.25, 0.3) is 5.91 Å². The number of hydrogen-bond donors (Lipinski definition) is 0. The predicted molar refractivity (Wildman–Crippen MR) is 103 cm³/mol. The first-order valence-electron chi connectivity index (χ1n) is 9.35. The van der Waals surface area contributed by atoms with Crippen LogP contribution in [0.1, 0.15) is 47.5 Å². The summed E-state index contributed by atoms with van der Waals surface area (Å²) in [6.07, 6.45) is 8.97. The Hall–Kier alpha value is -3.02. The summed E-state index contributed by atoms with van der Waals surface area (Å²) in [7, 11) is 1.91. The first-order valence-corrected chi connectivity index (χ1v) is 9.35. The Morgan fingerprint density at radius 1 is 1.11 bits per heavy atom. The molecule has 0 spiro atoms. The van der Waals surface area contributed by atoms with E-state index < -0.39 is 0 Å². The van der Waals surface area contributed by atoms with Crippen molar-refractivity contribution in [1.82, 2.24) is 24.6 Å². The van der Waals surface area contributed by atoms with Crippen molar-refractivity contribution in [3.63, 3.8) is 0 Å². The first-order chi connectivity index (χ1) is 13.2. The Balaban J connectivity index is 1.42. The molecule has 0 unspecified atom stereocenters. The molecular weight excluding hydrogens is 338 g/mol. The lowest BCUT2D eigenvalue weighted by molar-refractivity contribution is 0.0689. The van der Waals surface area contributed by atoms with Crippen molar-refractivity contribution >= 4 is 5.91 Å². The van der Waals surface area contributed by atoms with Gasteiger partial charge in [0.1, 0.15) is 12.7 Å². The highest BCUT2D eigenvalue weighted by atomic mass is 16.2. The normalized spacial score (nSPS) is 19.6. The molecular formula is C21H23N5O. The fraction of sp³-hybridized carbons (Fsp3) is 0.333. The molecule has 1 aliphatic rings. The van der Waals surface area contributed by atoms with E-state index in [0.717, 1.165) is 25.7 Å². The van der Waals surface area contributed by atoms with Crippen molar-refractivity contribution in [2.75, 3.05) is 7.05 Å². The summed E-state index contributed by atoms with van der Waals surface area (Å²) < 4.78 is 1.56. The highest BCUT2D eigenvalue weighted by Crippen LogP contribution is 2.34. The number of carbonyl (C=O) groups excluding carboxylic acids is 1. The van der Waals surface area contributed by atoms with Crippen LogP contribution in [0.2, 0.25) is 0 Å². The predicted octanol–water partition coefficient (Wildman–Crippen LogP) is 3.46. The summed E-state index contributed by atoms with van der Waals surface area (Å²) in [5.41, 5.74) is 2.04. The van der Waals surface area contributed by atoms with Crippen LogP contribution in [-0.4, -0.2) is 43.6 Å². The molecule has 138 valence electrons. The molecule has 0 atom stereocenters. The van der Waals surface area contributed by atoms with Crippen LogP contribution in [0.4, 0.5) is 0 Å². The van der Waals surface area contributed by atoms with Gasteiger partial charge in [0, 0.05) is 24.8 Å². The Morgan fingerprint density at radius 3 is 2.59 bits per heavy atom. The fourth-order valence-corrected chi connectivity index (χ4v) is 3.89. The molecule has 1 aromatic carbocycles. The van der Waals surface area contributed by atoms with Gasteiger partial charge in [-0.25, -0.2) is 14.6 Å². The third-order valence-corrected chi connectivity index (χ3v) is 5.48. The van der Waals surface area contributed by atoms with Crippen LogP contribution in [0.3, 0.4) is 0 Å². The molecule has 2 heterocycles. The summed E-state index contributed by atoms with van der Waals surface area (Å²) in [6.45, 7) is 0. The molecule has 0 bridgehead atoms. The van der Waals surface area contributed by atoms with Gasteiger partial charge in [0.05, 0.1) is 0 Å². The zero-order chi connectivity index (χ0) is 18.6. The molecule has 4 rings (SSSR count). The number of amides is 1. The van der Waals surface area contributed by atoms with Gasteiger partial charge >= 0.3 is 0 Å². The summed E-state index contributed by atoms with van der Waals surface area (Å²) in [4.78, 5) is 23.1. The number of hydrogen-bond acceptors (Lipinski definition) is 4. The summed E-state index contributed by atoms with van der Waals surface area (Å²) in [5.74, 6) is 1.23. The van der Waals surface area contributed by atoms with Gasteiger partial charge < -0.3 is 4.90 Å². The molecule has 0 aliphatic heterocycles. The van der Waals surface area contributed by atoms with Crippen molar-refractivity contribution in [2.24, 2.45) is 0 Å². The first kappa shape index (κ1) is 17.4. The maximum Gasteiger partial charge on any atom is 0.254 e. The van der Waals surface area contributed by atoms with Gasteiger partial charge in [-0.3, -0.25) is 4.79 Å². The van der Waals surface area contributed by atoms with Crippen LogP contribution in [-0.2, 0) is 0 Å². The Kier molecular flexibility index (Phi) is 4.96. The van der Waals surface area contributed by atoms with E-state index >= 15 is 0 Å². The number of carbonyl (C=O) groups is 1. The van der Waals surface area contributed by atoms with Crippen molar-refractivity contribution in [3.05, 3.63) is 72.4 Å². The van der Waals surface area contributed by atoms with Crippen molar-refractivity contribution in [2.45, 2.75) is 37.6 Å². The maximum absolute atomic E-state index is 13.0. The van der Waals surface area contributed by atoms with E-state index in [1.807, 2.05) is 11.9 Å². The van der Waals surface area contributed by atoms with E-state index in [4.69, 9.17) is 0 Å². The molecule has 1 aliphatic carbocycles. The SMILES string of the molecule is CN(C(=O)c1ccnc(-n2cncn2)c1)C1CCC(c2ccccc2)CC1. The molecule has 6 nitrogen and oxygen atoms in total. The zero-order valence-corrected chi connectivity index (χ0v) is 15.4. The van der Waals surface area contributed by atoms with Crippen LogP contribution < -0.4 is 0 Å². The number of pyridine rings is 1. The molecule has 0 saturated heterocycles. The number of benzene rings is 1. The average Bonchev–Trinajstić information content (AvgIpc) is 3.29. The van der Waals surface area contributed by atoms with Crippen LogP contribution >= 0.6 is 0 Å². The molecule has 27 heavy (non-hydrogen) atoms. The molecule has 6 heteroatoms. The topological polar surface area (TPSA) is 63.9 Å². The van der Waals surface area contributed by atoms with Crippen molar-refractivity contribution in [1.29, 1.82) is 0 Å². The summed E-state index contributed by atoms with van der Waals surface area (Å²) in [5, 5.41) is 4.08. The van der Waals surface area contributed by atoms with E-state index in [2.05, 4.69) is 45.4 Å². The average molecular weight is 361 g/mol. The summed E-state index contributed by atoms with van der Waals surface area (Å²) >= 11 is 0. The molecule has 1 fully saturated rings. The minimum absolute atomic E-state index is 0.0296. The smallest absolute Gasteiger partial charge is 0.254 e. The van der Waals surface area contributed by atoms with E-state index in [-0.39, 0.29) is 11.9 Å². The standard InChI is InChI=1S/C21H23N5O/c1-25(19-9-7-17(8-10-19)16-5-3-2-4-6-16)21(27)18-11-12-23-20(13-18)26-15-22-14-24-26/h2-6,11-15,17,19H,7-10H2,1H3. The van der Waals surface area contributed by atoms with Gasteiger partial charge in [0.15, 0.2) is 5.82 Å². The van der Waals surface area contributed by atoms with E-state index in [0.29, 0.717) is 17.3 Å². The quantitative estimate of drug-likeness (QED) is 0.714. The second-order valence-corrected chi connectivity index (χ2v) is 7.07. The molecule has 2 aromatic heterocycles. The van der Waals surface area contributed by atoms with Crippen LogP contribution in [0, 0.1) is 0 Å². The van der Waals surface area contributed by atoms with Crippen molar-refractivity contribution in [3.8, 4) is 5.82 Å². The van der Waals surface area contributed by atoms with Crippen LogP contribution in [0.25, 0.3) is 5.82 Å². The third kappa shape index (κ3) is 3.74. The number of nitrogens with zero attached hydrogens (tertiary/aromatic N) is 5. The third-order valence-electron chi connectivity index (χ3n) is 5.48. The lowest BCUT2D eigenvalue weighted by Gasteiger charge is -2.35. The van der Waals surface area contributed by atoms with E-state index in [1.54, 1.807) is 29.3 Å². The van der Waals surface area contributed by atoms with Crippen LogP contribution in [0.15, 0.2) is 61.3 Å². The largest absolute Gasteiger partial charge is 0.339 e. The van der Waals surface area contributed by atoms with Gasteiger partial charge in [-0.1, -0.05) is 30.3 Å². The fourth-order valence-electron chi connectivity index (χ4n) is 3.89. The minimum atomic E-state index is 0.0296. The zero-order valence-electron chi connectivity index (χ0n) is 15.4. The van der Waals surface area contributed by atoms with Crippen LogP contribution in [0.5, 0.6) is 0 Å². The van der Waals surface area contributed by atoms with Gasteiger partial charge in [-0.15, -0.1) is 0 Å².